The maximum atomic E-state index is 12.9. The molecule has 2 aliphatic carbocycles. The molecule has 3 atom stereocenters. The van der Waals surface area contributed by atoms with Crippen molar-refractivity contribution < 1.29 is 40.2 Å². The number of phenols is 3. The van der Waals surface area contributed by atoms with Crippen LogP contribution in [-0.4, -0.2) is 47.8 Å². The molecule has 0 spiro atoms. The molecule has 140 valence electrons. The lowest BCUT2D eigenvalue weighted by molar-refractivity contribution is -0.103. The highest BCUT2D eigenvalue weighted by Crippen LogP contribution is 2.54. The Labute approximate surface area is 152 Å². The van der Waals surface area contributed by atoms with E-state index in [1.807, 2.05) is 0 Å². The molecule has 0 aromatic heterocycles. The van der Waals surface area contributed by atoms with Crippen molar-refractivity contribution in [2.75, 3.05) is 0 Å². The number of aliphatic hydroxyl groups is 3. The Kier molecular flexibility index (Phi) is 3.42. The summed E-state index contributed by atoms with van der Waals surface area (Å²) in [7, 11) is 0. The van der Waals surface area contributed by atoms with E-state index in [0.717, 1.165) is 0 Å². The molecule has 0 saturated carbocycles. The van der Waals surface area contributed by atoms with Crippen LogP contribution in [0, 0.1) is 0 Å². The van der Waals surface area contributed by atoms with E-state index in [4.69, 9.17) is 0 Å². The van der Waals surface area contributed by atoms with Crippen LogP contribution in [-0.2, 0) is 0 Å². The lowest BCUT2D eigenvalue weighted by Crippen LogP contribution is -2.40. The predicted octanol–water partition coefficient (Wildman–Crippen LogP) is 0.800. The number of benzene rings is 2. The Morgan fingerprint density at radius 2 is 1.52 bits per heavy atom. The smallest absolute Gasteiger partial charge is 0.202 e. The maximum absolute atomic E-state index is 12.9. The molecule has 0 fully saturated rings. The molecule has 0 heterocycles. The van der Waals surface area contributed by atoms with E-state index in [2.05, 4.69) is 0 Å². The van der Waals surface area contributed by atoms with Gasteiger partial charge in [-0.1, -0.05) is 12.1 Å². The summed E-state index contributed by atoms with van der Waals surface area (Å²) in [5.41, 5.74) is -4.15. The summed E-state index contributed by atoms with van der Waals surface area (Å²) < 4.78 is 0. The molecule has 2 aliphatic rings. The fraction of sp³-hybridized carbons (Fsp3) is 0.263. The van der Waals surface area contributed by atoms with E-state index < -0.39 is 63.3 Å². The van der Waals surface area contributed by atoms with Crippen LogP contribution in [0.5, 0.6) is 17.2 Å². The highest BCUT2D eigenvalue weighted by molar-refractivity contribution is 6.31. The topological polar surface area (TPSA) is 156 Å². The minimum Gasteiger partial charge on any atom is -0.507 e. The first-order valence-corrected chi connectivity index (χ1v) is 8.19. The molecule has 6 N–H and O–H groups in total. The number of hydrogen-bond donors (Lipinski definition) is 6. The van der Waals surface area contributed by atoms with Gasteiger partial charge in [-0.05, 0) is 13.0 Å². The largest absolute Gasteiger partial charge is 0.507 e. The van der Waals surface area contributed by atoms with Crippen molar-refractivity contribution in [1.29, 1.82) is 0 Å². The van der Waals surface area contributed by atoms with Gasteiger partial charge in [0, 0.05) is 23.1 Å². The van der Waals surface area contributed by atoms with Gasteiger partial charge in [0.2, 0.25) is 5.78 Å². The zero-order valence-corrected chi connectivity index (χ0v) is 14.1. The zero-order chi connectivity index (χ0) is 19.8. The minimum absolute atomic E-state index is 0.167. The first-order valence-electron chi connectivity index (χ1n) is 8.19. The van der Waals surface area contributed by atoms with Gasteiger partial charge in [-0.3, -0.25) is 9.59 Å². The predicted molar refractivity (Wildman–Crippen MR) is 89.9 cm³/mol. The SMILES string of the molecule is CC1(O)CC(O)c2c(O)c3c(c(O)c2C1O)C(=O)c1cccc(O)c1C3=O. The number of rotatable bonds is 0. The van der Waals surface area contributed by atoms with Crippen LogP contribution in [0.15, 0.2) is 18.2 Å². The van der Waals surface area contributed by atoms with Gasteiger partial charge < -0.3 is 30.6 Å². The standard InChI is InChI=1S/C19H16O8/c1-19(27)5-8(21)10-13(18(19)26)17(25)11-12(16(10)24)15(23)9-6(14(11)22)3-2-4-7(9)20/h2-4,8,18,20-21,24-27H,5H2,1H3. The maximum Gasteiger partial charge on any atom is 0.202 e. The summed E-state index contributed by atoms with van der Waals surface area (Å²) in [5.74, 6) is -3.76. The van der Waals surface area contributed by atoms with Gasteiger partial charge in [0.1, 0.15) is 23.4 Å². The molecular formula is C19H16O8. The van der Waals surface area contributed by atoms with Crippen LogP contribution in [0.4, 0.5) is 0 Å². The van der Waals surface area contributed by atoms with Crippen LogP contribution in [0.25, 0.3) is 0 Å². The molecule has 8 heteroatoms. The van der Waals surface area contributed by atoms with Crippen LogP contribution in [0.3, 0.4) is 0 Å². The third-order valence-electron chi connectivity index (χ3n) is 5.29. The monoisotopic (exact) mass is 372 g/mol. The van der Waals surface area contributed by atoms with Crippen molar-refractivity contribution >= 4 is 11.6 Å². The lowest BCUT2D eigenvalue weighted by atomic mass is 9.72. The fourth-order valence-electron chi connectivity index (χ4n) is 3.96. The van der Waals surface area contributed by atoms with Crippen molar-refractivity contribution in [1.82, 2.24) is 0 Å². The van der Waals surface area contributed by atoms with Crippen LogP contribution in [0.1, 0.15) is 68.5 Å². The number of phenolic OH excluding ortho intramolecular Hbond substituents is 3. The van der Waals surface area contributed by atoms with E-state index in [1.54, 1.807) is 0 Å². The minimum atomic E-state index is -1.83. The normalized spacial score (nSPS) is 26.4. The van der Waals surface area contributed by atoms with E-state index >= 15 is 0 Å². The number of fused-ring (bicyclic) bond motifs is 3. The molecule has 8 nitrogen and oxygen atoms in total. The summed E-state index contributed by atoms with van der Waals surface area (Å²) in [6.45, 7) is 1.24. The first-order chi connectivity index (χ1) is 12.6. The van der Waals surface area contributed by atoms with E-state index in [-0.39, 0.29) is 23.1 Å². The lowest BCUT2D eigenvalue weighted by Gasteiger charge is -2.39. The van der Waals surface area contributed by atoms with E-state index in [1.165, 1.54) is 25.1 Å². The Morgan fingerprint density at radius 1 is 0.926 bits per heavy atom. The second kappa shape index (κ2) is 5.29. The Bertz CT molecular complexity index is 1040. The fourth-order valence-corrected chi connectivity index (χ4v) is 3.96. The molecule has 0 amide bonds. The number of carbonyl (C=O) groups is 2. The Morgan fingerprint density at radius 3 is 2.19 bits per heavy atom. The quantitative estimate of drug-likeness (QED) is 0.317. The molecule has 2 aromatic rings. The molecule has 0 radical (unpaired) electrons. The van der Waals surface area contributed by atoms with Gasteiger partial charge in [0.15, 0.2) is 5.78 Å². The third kappa shape index (κ3) is 2.08. The second-order valence-electron chi connectivity index (χ2n) is 7.11. The van der Waals surface area contributed by atoms with Crippen molar-refractivity contribution in [3.05, 3.63) is 51.6 Å². The Hall–Kier alpha value is -2.94. The Balaban J connectivity index is 2.11. The molecule has 0 saturated heterocycles. The molecule has 0 bridgehead atoms. The van der Waals surface area contributed by atoms with Crippen molar-refractivity contribution in [3.8, 4) is 17.2 Å². The summed E-state index contributed by atoms with van der Waals surface area (Å²) >= 11 is 0. The van der Waals surface area contributed by atoms with Crippen molar-refractivity contribution in [2.45, 2.75) is 31.2 Å². The second-order valence-corrected chi connectivity index (χ2v) is 7.11. The highest BCUT2D eigenvalue weighted by Gasteiger charge is 2.48. The summed E-state index contributed by atoms with van der Waals surface area (Å²) in [4.78, 5) is 25.7. The average Bonchev–Trinajstić information content (AvgIpc) is 2.58. The van der Waals surface area contributed by atoms with Gasteiger partial charge in [-0.15, -0.1) is 0 Å². The van der Waals surface area contributed by atoms with Gasteiger partial charge in [-0.2, -0.15) is 0 Å². The van der Waals surface area contributed by atoms with E-state index in [0.29, 0.717) is 0 Å². The third-order valence-corrected chi connectivity index (χ3v) is 5.29. The van der Waals surface area contributed by atoms with Gasteiger partial charge in [-0.25, -0.2) is 0 Å². The number of aliphatic hydroxyl groups excluding tert-OH is 2. The number of hydrogen-bond acceptors (Lipinski definition) is 8. The van der Waals surface area contributed by atoms with Crippen molar-refractivity contribution in [2.24, 2.45) is 0 Å². The number of ketones is 2. The van der Waals surface area contributed by atoms with Gasteiger partial charge >= 0.3 is 0 Å². The molecule has 0 aliphatic heterocycles. The van der Waals surface area contributed by atoms with Crippen LogP contribution >= 0.6 is 0 Å². The number of carbonyl (C=O) groups excluding carboxylic acids is 2. The van der Waals surface area contributed by atoms with Crippen LogP contribution < -0.4 is 0 Å². The van der Waals surface area contributed by atoms with Gasteiger partial charge in [0.05, 0.1) is 28.4 Å². The van der Waals surface area contributed by atoms with Crippen LogP contribution in [0.2, 0.25) is 0 Å². The van der Waals surface area contributed by atoms with Crippen molar-refractivity contribution in [3.63, 3.8) is 0 Å². The summed E-state index contributed by atoms with van der Waals surface area (Å²) in [6.07, 6.45) is -3.57. The molecule has 4 rings (SSSR count). The van der Waals surface area contributed by atoms with E-state index in [9.17, 15) is 40.2 Å². The molecular weight excluding hydrogens is 356 g/mol. The zero-order valence-electron chi connectivity index (χ0n) is 14.1. The first kappa shape index (κ1) is 17.5. The molecule has 2 aromatic carbocycles. The molecule has 3 unspecified atom stereocenters. The number of aromatic hydroxyl groups is 3. The molecule has 27 heavy (non-hydrogen) atoms. The average molecular weight is 372 g/mol. The highest BCUT2D eigenvalue weighted by atomic mass is 16.3. The van der Waals surface area contributed by atoms with Gasteiger partial charge in [0.25, 0.3) is 0 Å². The summed E-state index contributed by atoms with van der Waals surface area (Å²) in [5, 5.41) is 62.4. The summed E-state index contributed by atoms with van der Waals surface area (Å²) in [6, 6.07) is 3.85.